The van der Waals surface area contributed by atoms with E-state index in [4.69, 9.17) is 10.5 Å². The molecule has 2 aromatic rings. The minimum absolute atomic E-state index is 0.0113. The Labute approximate surface area is 116 Å². The maximum absolute atomic E-state index is 5.90. The summed E-state index contributed by atoms with van der Waals surface area (Å²) in [5.74, 6) is 1.66. The lowest BCUT2D eigenvalue weighted by Gasteiger charge is -2.11. The largest absolute Gasteiger partial charge is 0.457 e. The zero-order chi connectivity index (χ0) is 13.1. The van der Waals surface area contributed by atoms with Gasteiger partial charge in [0.25, 0.3) is 0 Å². The van der Waals surface area contributed by atoms with Gasteiger partial charge in [-0.05, 0) is 49.2 Å². The van der Waals surface area contributed by atoms with Crippen molar-refractivity contribution in [2.75, 3.05) is 0 Å². The predicted molar refractivity (Wildman–Crippen MR) is 78.0 cm³/mol. The fourth-order valence-corrected chi connectivity index (χ4v) is 2.01. The highest BCUT2D eigenvalue weighted by molar-refractivity contribution is 9.10. The van der Waals surface area contributed by atoms with Gasteiger partial charge in [-0.2, -0.15) is 0 Å². The summed E-state index contributed by atoms with van der Waals surface area (Å²) in [4.78, 5) is 0. The molecule has 94 valence electrons. The third-order valence-corrected chi connectivity index (χ3v) is 3.26. The molecular formula is C15H16BrNO. The summed E-state index contributed by atoms with van der Waals surface area (Å²) >= 11 is 3.45. The maximum Gasteiger partial charge on any atom is 0.131 e. The van der Waals surface area contributed by atoms with Crippen LogP contribution < -0.4 is 10.5 Å². The number of nitrogens with two attached hydrogens (primary N) is 1. The number of aryl methyl sites for hydroxylation is 1. The van der Waals surface area contributed by atoms with E-state index in [9.17, 15) is 0 Å². The summed E-state index contributed by atoms with van der Waals surface area (Å²) < 4.78 is 6.90. The van der Waals surface area contributed by atoms with E-state index in [0.717, 1.165) is 27.1 Å². The fraction of sp³-hybridized carbons (Fsp3) is 0.200. The van der Waals surface area contributed by atoms with E-state index >= 15 is 0 Å². The number of benzene rings is 2. The first-order chi connectivity index (χ1) is 8.56. The molecule has 0 aliphatic heterocycles. The van der Waals surface area contributed by atoms with Crippen molar-refractivity contribution in [2.45, 2.75) is 19.9 Å². The molecule has 1 unspecified atom stereocenters. The molecule has 0 spiro atoms. The lowest BCUT2D eigenvalue weighted by atomic mass is 10.1. The average Bonchev–Trinajstić information content (AvgIpc) is 2.34. The number of hydrogen-bond donors (Lipinski definition) is 1. The van der Waals surface area contributed by atoms with E-state index < -0.39 is 0 Å². The van der Waals surface area contributed by atoms with Crippen LogP contribution in [-0.4, -0.2) is 0 Å². The molecule has 0 saturated carbocycles. The van der Waals surface area contributed by atoms with Gasteiger partial charge < -0.3 is 10.5 Å². The third-order valence-electron chi connectivity index (χ3n) is 2.76. The van der Waals surface area contributed by atoms with Crippen molar-refractivity contribution in [3.63, 3.8) is 0 Å². The molecule has 0 saturated heterocycles. The highest BCUT2D eigenvalue weighted by Gasteiger charge is 2.05. The lowest BCUT2D eigenvalue weighted by Crippen LogP contribution is -2.04. The molecule has 0 heterocycles. The number of hydrogen-bond acceptors (Lipinski definition) is 2. The number of halogens is 1. The first-order valence-corrected chi connectivity index (χ1v) is 6.65. The second-order valence-corrected chi connectivity index (χ2v) is 5.29. The van der Waals surface area contributed by atoms with Crippen molar-refractivity contribution >= 4 is 15.9 Å². The molecule has 0 fully saturated rings. The van der Waals surface area contributed by atoms with Crippen LogP contribution in [0.1, 0.15) is 24.1 Å². The van der Waals surface area contributed by atoms with Crippen LogP contribution in [0.25, 0.3) is 0 Å². The molecule has 1 atom stereocenters. The molecular weight excluding hydrogens is 290 g/mol. The predicted octanol–water partition coefficient (Wildman–Crippen LogP) is 4.57. The van der Waals surface area contributed by atoms with Crippen molar-refractivity contribution in [3.05, 3.63) is 58.1 Å². The first-order valence-electron chi connectivity index (χ1n) is 5.86. The van der Waals surface area contributed by atoms with Gasteiger partial charge in [-0.1, -0.05) is 34.1 Å². The normalized spacial score (nSPS) is 12.2. The molecule has 18 heavy (non-hydrogen) atoms. The van der Waals surface area contributed by atoms with Gasteiger partial charge in [-0.15, -0.1) is 0 Å². The zero-order valence-electron chi connectivity index (χ0n) is 10.5. The molecule has 2 aromatic carbocycles. The first kappa shape index (κ1) is 13.1. The fourth-order valence-electron chi connectivity index (χ4n) is 1.67. The van der Waals surface area contributed by atoms with E-state index in [2.05, 4.69) is 15.9 Å². The summed E-state index contributed by atoms with van der Waals surface area (Å²) in [6.07, 6.45) is 0. The molecule has 2 N–H and O–H groups in total. The standard InChI is InChI=1S/C15H16BrNO/c1-10-6-7-13(16)9-15(10)18-14-5-3-4-12(8-14)11(2)17/h3-9,11H,17H2,1-2H3. The van der Waals surface area contributed by atoms with Crippen molar-refractivity contribution in [1.82, 2.24) is 0 Å². The maximum atomic E-state index is 5.90. The van der Waals surface area contributed by atoms with Gasteiger partial charge in [0.1, 0.15) is 11.5 Å². The van der Waals surface area contributed by atoms with Gasteiger partial charge in [0.15, 0.2) is 0 Å². The topological polar surface area (TPSA) is 35.2 Å². The minimum Gasteiger partial charge on any atom is -0.457 e. The summed E-state index contributed by atoms with van der Waals surface area (Å²) in [6.45, 7) is 3.99. The molecule has 3 heteroatoms. The van der Waals surface area contributed by atoms with Crippen molar-refractivity contribution in [1.29, 1.82) is 0 Å². The monoisotopic (exact) mass is 305 g/mol. The summed E-state index contributed by atoms with van der Waals surface area (Å²) in [5.41, 5.74) is 8.04. The van der Waals surface area contributed by atoms with Gasteiger partial charge in [-0.3, -0.25) is 0 Å². The Hall–Kier alpha value is -1.32. The molecule has 0 radical (unpaired) electrons. The van der Waals surface area contributed by atoms with Crippen molar-refractivity contribution in [2.24, 2.45) is 5.73 Å². The zero-order valence-corrected chi connectivity index (χ0v) is 12.1. The minimum atomic E-state index is 0.0113. The Balaban J connectivity index is 2.28. The van der Waals surface area contributed by atoms with Crippen LogP contribution in [-0.2, 0) is 0 Å². The van der Waals surface area contributed by atoms with E-state index in [1.54, 1.807) is 0 Å². The van der Waals surface area contributed by atoms with E-state index in [-0.39, 0.29) is 6.04 Å². The second-order valence-electron chi connectivity index (χ2n) is 4.37. The summed E-state index contributed by atoms with van der Waals surface area (Å²) in [6, 6.07) is 13.9. The Morgan fingerprint density at radius 3 is 2.67 bits per heavy atom. The SMILES string of the molecule is Cc1ccc(Br)cc1Oc1cccc(C(C)N)c1. The summed E-state index contributed by atoms with van der Waals surface area (Å²) in [5, 5.41) is 0. The average molecular weight is 306 g/mol. The molecule has 2 rings (SSSR count). The summed E-state index contributed by atoms with van der Waals surface area (Å²) in [7, 11) is 0. The van der Waals surface area contributed by atoms with E-state index in [1.165, 1.54) is 0 Å². The second kappa shape index (κ2) is 5.55. The smallest absolute Gasteiger partial charge is 0.131 e. The van der Waals surface area contributed by atoms with Crippen molar-refractivity contribution in [3.8, 4) is 11.5 Å². The Kier molecular flexibility index (Phi) is 4.04. The van der Waals surface area contributed by atoms with Crippen LogP contribution in [0.5, 0.6) is 11.5 Å². The Morgan fingerprint density at radius 2 is 1.94 bits per heavy atom. The van der Waals surface area contributed by atoms with Crippen LogP contribution in [0.4, 0.5) is 0 Å². The molecule has 0 amide bonds. The highest BCUT2D eigenvalue weighted by Crippen LogP contribution is 2.29. The highest BCUT2D eigenvalue weighted by atomic mass is 79.9. The number of ether oxygens (including phenoxy) is 1. The van der Waals surface area contributed by atoms with Crippen molar-refractivity contribution < 1.29 is 4.74 Å². The van der Waals surface area contributed by atoms with Crippen LogP contribution in [0.2, 0.25) is 0 Å². The molecule has 0 aromatic heterocycles. The Bertz CT molecular complexity index is 552. The van der Waals surface area contributed by atoms with Gasteiger partial charge in [0.05, 0.1) is 0 Å². The van der Waals surface area contributed by atoms with E-state index in [1.807, 2.05) is 56.3 Å². The molecule has 0 bridgehead atoms. The van der Waals surface area contributed by atoms with E-state index in [0.29, 0.717) is 0 Å². The van der Waals surface area contributed by atoms with Gasteiger partial charge >= 0.3 is 0 Å². The lowest BCUT2D eigenvalue weighted by molar-refractivity contribution is 0.477. The molecule has 0 aliphatic carbocycles. The third kappa shape index (κ3) is 3.12. The van der Waals surface area contributed by atoms with Gasteiger partial charge in [-0.25, -0.2) is 0 Å². The Morgan fingerprint density at radius 1 is 1.17 bits per heavy atom. The molecule has 0 aliphatic rings. The van der Waals surface area contributed by atoms with Crippen LogP contribution in [0, 0.1) is 6.92 Å². The van der Waals surface area contributed by atoms with Crippen LogP contribution >= 0.6 is 15.9 Å². The number of rotatable bonds is 3. The quantitative estimate of drug-likeness (QED) is 0.901. The molecule has 2 nitrogen and oxygen atoms in total. The van der Waals surface area contributed by atoms with Gasteiger partial charge in [0.2, 0.25) is 0 Å². The van der Waals surface area contributed by atoms with Gasteiger partial charge in [0, 0.05) is 10.5 Å². The van der Waals surface area contributed by atoms with Crippen LogP contribution in [0.15, 0.2) is 46.9 Å². The van der Waals surface area contributed by atoms with Crippen LogP contribution in [0.3, 0.4) is 0 Å².